The number of aliphatic carboxylic acids is 1. The highest BCUT2D eigenvalue weighted by Crippen LogP contribution is 2.24. The van der Waals surface area contributed by atoms with Crippen LogP contribution in [0.15, 0.2) is 53.4 Å². The summed E-state index contributed by atoms with van der Waals surface area (Å²) in [6.07, 6.45) is 1.62. The molecule has 0 fully saturated rings. The molecule has 27 heavy (non-hydrogen) atoms. The molecule has 1 amide bonds. The standard InChI is InChI=1S/C20H23NO5S/c1-4-14-10-11-16(12-17(14)27(3,25)26)19(22)21-18(13(2)20(23)24)15-8-6-5-7-9-15/h5-13,18H,4H2,1-3H3,(H,21,22)(H,23,24). The summed E-state index contributed by atoms with van der Waals surface area (Å²) in [6.45, 7) is 3.35. The van der Waals surface area contributed by atoms with E-state index in [1.165, 1.54) is 13.0 Å². The third-order valence-electron chi connectivity index (χ3n) is 4.44. The molecular weight excluding hydrogens is 366 g/mol. The molecular formula is C20H23NO5S. The number of rotatable bonds is 7. The maximum atomic E-state index is 12.7. The summed E-state index contributed by atoms with van der Waals surface area (Å²) in [4.78, 5) is 24.3. The van der Waals surface area contributed by atoms with Crippen LogP contribution in [0.25, 0.3) is 0 Å². The van der Waals surface area contributed by atoms with Gasteiger partial charge >= 0.3 is 5.97 Å². The van der Waals surface area contributed by atoms with Crippen LogP contribution in [-0.2, 0) is 21.1 Å². The second kappa shape index (κ2) is 8.35. The van der Waals surface area contributed by atoms with Crippen molar-refractivity contribution >= 4 is 21.7 Å². The Morgan fingerprint density at radius 1 is 1.11 bits per heavy atom. The van der Waals surface area contributed by atoms with Crippen molar-refractivity contribution in [2.75, 3.05) is 6.26 Å². The van der Waals surface area contributed by atoms with Gasteiger partial charge in [0.1, 0.15) is 0 Å². The van der Waals surface area contributed by atoms with Gasteiger partial charge < -0.3 is 10.4 Å². The number of benzene rings is 2. The Bertz CT molecular complexity index is 938. The Labute approximate surface area is 159 Å². The summed E-state index contributed by atoms with van der Waals surface area (Å²) >= 11 is 0. The maximum absolute atomic E-state index is 12.7. The van der Waals surface area contributed by atoms with Gasteiger partial charge in [0.05, 0.1) is 16.9 Å². The van der Waals surface area contributed by atoms with Crippen molar-refractivity contribution in [3.63, 3.8) is 0 Å². The molecule has 2 rings (SSSR count). The average Bonchev–Trinajstić information content (AvgIpc) is 2.64. The van der Waals surface area contributed by atoms with Crippen molar-refractivity contribution in [2.45, 2.75) is 31.2 Å². The topological polar surface area (TPSA) is 101 Å². The first-order chi connectivity index (χ1) is 12.6. The van der Waals surface area contributed by atoms with Crippen LogP contribution < -0.4 is 5.32 Å². The lowest BCUT2D eigenvalue weighted by Crippen LogP contribution is -2.35. The summed E-state index contributed by atoms with van der Waals surface area (Å²) in [5.74, 6) is -2.42. The highest BCUT2D eigenvalue weighted by molar-refractivity contribution is 7.90. The number of sulfone groups is 1. The zero-order valence-electron chi connectivity index (χ0n) is 15.5. The fraction of sp³-hybridized carbons (Fsp3) is 0.300. The smallest absolute Gasteiger partial charge is 0.308 e. The Hall–Kier alpha value is -2.67. The molecule has 2 N–H and O–H groups in total. The molecule has 2 atom stereocenters. The molecule has 144 valence electrons. The number of amides is 1. The number of hydrogen-bond donors (Lipinski definition) is 2. The van der Waals surface area contributed by atoms with E-state index in [0.717, 1.165) is 6.26 Å². The van der Waals surface area contributed by atoms with E-state index in [2.05, 4.69) is 5.32 Å². The molecule has 6 nitrogen and oxygen atoms in total. The van der Waals surface area contributed by atoms with E-state index >= 15 is 0 Å². The van der Waals surface area contributed by atoms with Crippen LogP contribution in [0, 0.1) is 5.92 Å². The van der Waals surface area contributed by atoms with E-state index in [1.807, 2.05) is 6.92 Å². The molecule has 2 aromatic carbocycles. The van der Waals surface area contributed by atoms with Gasteiger partial charge in [-0.1, -0.05) is 43.3 Å². The maximum Gasteiger partial charge on any atom is 0.308 e. The number of nitrogens with one attached hydrogen (secondary N) is 1. The summed E-state index contributed by atoms with van der Waals surface area (Å²) in [7, 11) is -3.49. The van der Waals surface area contributed by atoms with Crippen LogP contribution in [-0.4, -0.2) is 31.7 Å². The monoisotopic (exact) mass is 389 g/mol. The van der Waals surface area contributed by atoms with Crippen molar-refractivity contribution in [3.05, 3.63) is 65.2 Å². The third kappa shape index (κ3) is 4.95. The van der Waals surface area contributed by atoms with Crippen LogP contribution in [0.4, 0.5) is 0 Å². The van der Waals surface area contributed by atoms with Gasteiger partial charge in [-0.2, -0.15) is 0 Å². The fourth-order valence-corrected chi connectivity index (χ4v) is 3.89. The predicted molar refractivity (Wildman–Crippen MR) is 102 cm³/mol. The number of carbonyl (C=O) groups excluding carboxylic acids is 1. The number of hydrogen-bond acceptors (Lipinski definition) is 4. The van der Waals surface area contributed by atoms with Crippen LogP contribution in [0.3, 0.4) is 0 Å². The molecule has 0 spiro atoms. The molecule has 0 saturated carbocycles. The van der Waals surface area contributed by atoms with E-state index in [1.54, 1.807) is 42.5 Å². The molecule has 2 aromatic rings. The molecule has 0 heterocycles. The van der Waals surface area contributed by atoms with Crippen molar-refractivity contribution < 1.29 is 23.1 Å². The minimum absolute atomic E-state index is 0.111. The summed E-state index contributed by atoms with van der Waals surface area (Å²) in [5.41, 5.74) is 1.47. The Morgan fingerprint density at radius 2 is 1.74 bits per heavy atom. The lowest BCUT2D eigenvalue weighted by atomic mass is 9.94. The minimum atomic E-state index is -3.49. The molecule has 2 unspecified atom stereocenters. The lowest BCUT2D eigenvalue weighted by Gasteiger charge is -2.23. The number of carbonyl (C=O) groups is 2. The van der Waals surface area contributed by atoms with Gasteiger partial charge in [0, 0.05) is 11.8 Å². The van der Waals surface area contributed by atoms with Crippen LogP contribution >= 0.6 is 0 Å². The number of carboxylic acids is 1. The SMILES string of the molecule is CCc1ccc(C(=O)NC(c2ccccc2)C(C)C(=O)O)cc1S(C)(=O)=O. The summed E-state index contributed by atoms with van der Waals surface area (Å²) in [6, 6.07) is 12.6. The molecule has 0 aliphatic rings. The second-order valence-corrected chi connectivity index (χ2v) is 8.42. The average molecular weight is 389 g/mol. The Balaban J connectivity index is 2.39. The van der Waals surface area contributed by atoms with Gasteiger partial charge in [0.15, 0.2) is 9.84 Å². The van der Waals surface area contributed by atoms with Gasteiger partial charge in [-0.05, 0) is 36.6 Å². The van der Waals surface area contributed by atoms with E-state index in [-0.39, 0.29) is 10.5 Å². The number of aryl methyl sites for hydroxylation is 1. The third-order valence-corrected chi connectivity index (χ3v) is 5.62. The highest BCUT2D eigenvalue weighted by Gasteiger charge is 2.27. The van der Waals surface area contributed by atoms with Crippen molar-refractivity contribution in [3.8, 4) is 0 Å². The second-order valence-electron chi connectivity index (χ2n) is 6.44. The summed E-state index contributed by atoms with van der Waals surface area (Å²) in [5, 5.41) is 12.1. The van der Waals surface area contributed by atoms with E-state index in [9.17, 15) is 23.1 Å². The van der Waals surface area contributed by atoms with Crippen LogP contribution in [0.2, 0.25) is 0 Å². The predicted octanol–water partition coefficient (Wildman–Crippen LogP) is 2.84. The molecule has 0 bridgehead atoms. The molecule has 0 aromatic heterocycles. The van der Waals surface area contributed by atoms with Crippen molar-refractivity contribution in [1.82, 2.24) is 5.32 Å². The molecule has 0 aliphatic heterocycles. The van der Waals surface area contributed by atoms with Gasteiger partial charge in [-0.15, -0.1) is 0 Å². The van der Waals surface area contributed by atoms with Crippen LogP contribution in [0.1, 0.15) is 41.4 Å². The molecule has 0 aliphatic carbocycles. The van der Waals surface area contributed by atoms with Gasteiger partial charge in [-0.25, -0.2) is 8.42 Å². The van der Waals surface area contributed by atoms with Gasteiger partial charge in [0.2, 0.25) is 0 Å². The zero-order valence-corrected chi connectivity index (χ0v) is 16.3. The molecule has 0 saturated heterocycles. The fourth-order valence-electron chi connectivity index (χ4n) is 2.86. The lowest BCUT2D eigenvalue weighted by molar-refractivity contribution is -0.142. The van der Waals surface area contributed by atoms with E-state index in [0.29, 0.717) is 17.5 Å². The van der Waals surface area contributed by atoms with E-state index in [4.69, 9.17) is 0 Å². The number of carboxylic acid groups (broad SMARTS) is 1. The quantitative estimate of drug-likeness (QED) is 0.758. The van der Waals surface area contributed by atoms with Gasteiger partial charge in [0.25, 0.3) is 5.91 Å². The molecule has 7 heteroatoms. The van der Waals surface area contributed by atoms with Crippen molar-refractivity contribution in [1.29, 1.82) is 0 Å². The zero-order chi connectivity index (χ0) is 20.2. The highest BCUT2D eigenvalue weighted by atomic mass is 32.2. The first-order valence-corrected chi connectivity index (χ1v) is 10.5. The largest absolute Gasteiger partial charge is 0.481 e. The normalized spacial score (nSPS) is 13.6. The van der Waals surface area contributed by atoms with Gasteiger partial charge in [-0.3, -0.25) is 9.59 Å². The first kappa shape index (κ1) is 20.6. The minimum Gasteiger partial charge on any atom is -0.481 e. The van der Waals surface area contributed by atoms with E-state index < -0.39 is 33.7 Å². The van der Waals surface area contributed by atoms with Crippen molar-refractivity contribution in [2.24, 2.45) is 5.92 Å². The Morgan fingerprint density at radius 3 is 2.26 bits per heavy atom. The van der Waals surface area contributed by atoms with Crippen LogP contribution in [0.5, 0.6) is 0 Å². The first-order valence-electron chi connectivity index (χ1n) is 8.56. The molecule has 0 radical (unpaired) electrons. The Kier molecular flexibility index (Phi) is 6.38. The summed E-state index contributed by atoms with van der Waals surface area (Å²) < 4.78 is 24.0.